The summed E-state index contributed by atoms with van der Waals surface area (Å²) in [6.45, 7) is 11.0. The van der Waals surface area contributed by atoms with Crippen molar-refractivity contribution >= 4 is 27.5 Å². The molecule has 0 aliphatic heterocycles. The first-order chi connectivity index (χ1) is 13.7. The first-order valence-electron chi connectivity index (χ1n) is 9.54. The van der Waals surface area contributed by atoms with E-state index in [1.165, 1.54) is 11.3 Å². The summed E-state index contributed by atoms with van der Waals surface area (Å²) in [5.74, 6) is 2.20. The largest absolute Gasteiger partial charge is 0.497 e. The number of carbonyl (C=O) groups is 1. The number of carbonyl (C=O) groups excluding carboxylic acids is 1. The van der Waals surface area contributed by atoms with E-state index >= 15 is 0 Å². The van der Waals surface area contributed by atoms with Crippen LogP contribution in [-0.4, -0.2) is 36.1 Å². The van der Waals surface area contributed by atoms with Crippen LogP contribution >= 0.6 is 11.3 Å². The van der Waals surface area contributed by atoms with Gasteiger partial charge in [-0.05, 0) is 43.7 Å². The quantitative estimate of drug-likeness (QED) is 0.606. The van der Waals surface area contributed by atoms with Crippen LogP contribution in [0.1, 0.15) is 47.5 Å². The predicted molar refractivity (Wildman–Crippen MR) is 116 cm³/mol. The summed E-state index contributed by atoms with van der Waals surface area (Å²) in [4.78, 5) is 23.6. The molecule has 1 amide bonds. The molecule has 2 aromatic heterocycles. The Labute approximate surface area is 175 Å². The number of benzene rings is 1. The number of rotatable bonds is 6. The topological polar surface area (TPSA) is 73.3 Å². The number of methoxy groups -OCH3 is 1. The third-order valence-corrected chi connectivity index (χ3v) is 5.75. The number of nitrogens with zero attached hydrogens (tertiary/aromatic N) is 2. The zero-order chi connectivity index (χ0) is 21.2. The van der Waals surface area contributed by atoms with Crippen molar-refractivity contribution in [1.82, 2.24) is 15.3 Å². The van der Waals surface area contributed by atoms with Crippen LogP contribution in [0.25, 0.3) is 10.2 Å². The molecule has 0 unspecified atom stereocenters. The number of amides is 1. The lowest BCUT2D eigenvalue weighted by molar-refractivity contribution is 0.0950. The molecule has 0 fully saturated rings. The lowest BCUT2D eigenvalue weighted by Crippen LogP contribution is -2.27. The molecule has 6 nitrogen and oxygen atoms in total. The number of fused-ring (bicyclic) bond motifs is 1. The average molecular weight is 414 g/mol. The number of aromatic nitrogens is 2. The molecular formula is C22H27N3O3S. The Kier molecular flexibility index (Phi) is 6.07. The van der Waals surface area contributed by atoms with E-state index in [0.717, 1.165) is 38.8 Å². The van der Waals surface area contributed by atoms with Crippen LogP contribution in [-0.2, 0) is 5.41 Å². The molecular weight excluding hydrogens is 386 g/mol. The van der Waals surface area contributed by atoms with Crippen molar-refractivity contribution in [3.8, 4) is 11.5 Å². The molecule has 154 valence electrons. The van der Waals surface area contributed by atoms with E-state index in [9.17, 15) is 4.79 Å². The van der Waals surface area contributed by atoms with Crippen molar-refractivity contribution in [1.29, 1.82) is 0 Å². The van der Waals surface area contributed by atoms with Crippen LogP contribution in [0.15, 0.2) is 24.3 Å². The molecule has 1 aromatic carbocycles. The van der Waals surface area contributed by atoms with Crippen molar-refractivity contribution in [2.45, 2.75) is 40.0 Å². The highest BCUT2D eigenvalue weighted by atomic mass is 32.1. The van der Waals surface area contributed by atoms with E-state index in [0.29, 0.717) is 18.0 Å². The maximum atomic E-state index is 12.7. The molecule has 0 saturated heterocycles. The van der Waals surface area contributed by atoms with Gasteiger partial charge in [0.15, 0.2) is 0 Å². The van der Waals surface area contributed by atoms with Gasteiger partial charge in [0.2, 0.25) is 0 Å². The van der Waals surface area contributed by atoms with E-state index in [4.69, 9.17) is 14.5 Å². The van der Waals surface area contributed by atoms with Crippen LogP contribution < -0.4 is 14.8 Å². The Morgan fingerprint density at radius 2 is 1.76 bits per heavy atom. The molecule has 3 rings (SSSR count). The number of aryl methyl sites for hydroxylation is 2. The van der Waals surface area contributed by atoms with Crippen LogP contribution in [0.5, 0.6) is 11.5 Å². The predicted octanol–water partition coefficient (Wildman–Crippen LogP) is 4.42. The van der Waals surface area contributed by atoms with Gasteiger partial charge in [0.1, 0.15) is 28.8 Å². The fourth-order valence-corrected chi connectivity index (χ4v) is 4.13. The molecule has 0 bridgehead atoms. The lowest BCUT2D eigenvalue weighted by Gasteiger charge is -2.16. The normalized spacial score (nSPS) is 11.5. The minimum Gasteiger partial charge on any atom is -0.497 e. The third-order valence-electron chi connectivity index (χ3n) is 4.56. The second kappa shape index (κ2) is 8.37. The van der Waals surface area contributed by atoms with E-state index in [1.54, 1.807) is 7.11 Å². The van der Waals surface area contributed by atoms with Gasteiger partial charge in [0.05, 0.1) is 24.2 Å². The summed E-state index contributed by atoms with van der Waals surface area (Å²) in [5.41, 5.74) is 1.70. The second-order valence-electron chi connectivity index (χ2n) is 7.90. The minimum absolute atomic E-state index is 0.111. The molecule has 0 radical (unpaired) electrons. The standard InChI is InChI=1S/C22H27N3O3S/c1-13-17-14(2)24-21(22(3,4)5)25-20(17)29-18(13)19(26)23-11-12-28-16-9-7-15(27-6)8-10-16/h7-10H,11-12H2,1-6H3,(H,23,26). The summed E-state index contributed by atoms with van der Waals surface area (Å²) in [6.07, 6.45) is 0. The molecule has 7 heteroatoms. The number of hydrogen-bond acceptors (Lipinski definition) is 6. The number of thiophene rings is 1. The van der Waals surface area contributed by atoms with E-state index in [1.807, 2.05) is 38.1 Å². The zero-order valence-electron chi connectivity index (χ0n) is 17.8. The fourth-order valence-electron chi connectivity index (χ4n) is 2.98. The fraction of sp³-hybridized carbons (Fsp3) is 0.409. The summed E-state index contributed by atoms with van der Waals surface area (Å²) in [6, 6.07) is 7.35. The van der Waals surface area contributed by atoms with Gasteiger partial charge >= 0.3 is 0 Å². The van der Waals surface area contributed by atoms with E-state index in [2.05, 4.69) is 31.1 Å². The minimum atomic E-state index is -0.141. The first kappa shape index (κ1) is 21.0. The molecule has 2 heterocycles. The second-order valence-corrected chi connectivity index (χ2v) is 8.90. The van der Waals surface area contributed by atoms with Gasteiger partial charge in [-0.15, -0.1) is 11.3 Å². The van der Waals surface area contributed by atoms with Crippen LogP contribution in [0.4, 0.5) is 0 Å². The Morgan fingerprint density at radius 1 is 1.10 bits per heavy atom. The summed E-state index contributed by atoms with van der Waals surface area (Å²) in [5, 5.41) is 3.91. The van der Waals surface area contributed by atoms with Crippen LogP contribution in [0.3, 0.4) is 0 Å². The summed E-state index contributed by atoms with van der Waals surface area (Å²) in [7, 11) is 1.62. The zero-order valence-corrected chi connectivity index (χ0v) is 18.6. The maximum absolute atomic E-state index is 12.7. The molecule has 0 aliphatic carbocycles. The van der Waals surface area contributed by atoms with Gasteiger partial charge in [-0.1, -0.05) is 20.8 Å². The third kappa shape index (κ3) is 4.67. The SMILES string of the molecule is COc1ccc(OCCNC(=O)c2sc3nc(C(C)(C)C)nc(C)c3c2C)cc1. The summed E-state index contributed by atoms with van der Waals surface area (Å²) < 4.78 is 10.8. The Bertz CT molecular complexity index is 1020. The van der Waals surface area contributed by atoms with E-state index in [-0.39, 0.29) is 11.3 Å². The van der Waals surface area contributed by atoms with E-state index < -0.39 is 0 Å². The van der Waals surface area contributed by atoms with Gasteiger partial charge in [-0.3, -0.25) is 4.79 Å². The molecule has 0 spiro atoms. The Hall–Kier alpha value is -2.67. The number of ether oxygens (including phenoxy) is 2. The van der Waals surface area contributed by atoms with Crippen molar-refractivity contribution < 1.29 is 14.3 Å². The molecule has 29 heavy (non-hydrogen) atoms. The highest BCUT2D eigenvalue weighted by molar-refractivity contribution is 7.20. The van der Waals surface area contributed by atoms with Crippen LogP contribution in [0, 0.1) is 13.8 Å². The van der Waals surface area contributed by atoms with Gasteiger partial charge in [-0.25, -0.2) is 9.97 Å². The summed E-state index contributed by atoms with van der Waals surface area (Å²) >= 11 is 1.42. The molecule has 0 saturated carbocycles. The van der Waals surface area contributed by atoms with Gasteiger partial charge < -0.3 is 14.8 Å². The molecule has 0 atom stereocenters. The maximum Gasteiger partial charge on any atom is 0.261 e. The highest BCUT2D eigenvalue weighted by Gasteiger charge is 2.23. The molecule has 1 N–H and O–H groups in total. The van der Waals surface area contributed by atoms with Crippen molar-refractivity contribution in [3.05, 3.63) is 46.2 Å². The van der Waals surface area contributed by atoms with Gasteiger partial charge in [0, 0.05) is 10.8 Å². The average Bonchev–Trinajstić information content (AvgIpc) is 3.02. The first-order valence-corrected chi connectivity index (χ1v) is 10.4. The number of hydrogen-bond donors (Lipinski definition) is 1. The lowest BCUT2D eigenvalue weighted by atomic mass is 9.95. The molecule has 0 aliphatic rings. The van der Waals surface area contributed by atoms with Crippen molar-refractivity contribution in [2.75, 3.05) is 20.3 Å². The highest BCUT2D eigenvalue weighted by Crippen LogP contribution is 2.33. The Morgan fingerprint density at radius 3 is 2.38 bits per heavy atom. The van der Waals surface area contributed by atoms with Crippen molar-refractivity contribution in [3.63, 3.8) is 0 Å². The molecule has 3 aromatic rings. The van der Waals surface area contributed by atoms with Gasteiger partial charge in [0.25, 0.3) is 5.91 Å². The Balaban J connectivity index is 1.67. The number of nitrogens with one attached hydrogen (secondary N) is 1. The smallest absolute Gasteiger partial charge is 0.261 e. The monoisotopic (exact) mass is 413 g/mol. The van der Waals surface area contributed by atoms with Crippen molar-refractivity contribution in [2.24, 2.45) is 0 Å². The van der Waals surface area contributed by atoms with Gasteiger partial charge in [-0.2, -0.15) is 0 Å². The van der Waals surface area contributed by atoms with Crippen LogP contribution in [0.2, 0.25) is 0 Å².